The van der Waals surface area contributed by atoms with Gasteiger partial charge in [0.15, 0.2) is 0 Å². The molecule has 4 rings (SSSR count). The van der Waals surface area contributed by atoms with Crippen molar-refractivity contribution >= 4 is 45.8 Å². The summed E-state index contributed by atoms with van der Waals surface area (Å²) >= 11 is 6.05. The molecule has 6 nitrogen and oxygen atoms in total. The molecule has 0 radical (unpaired) electrons. The molecule has 0 saturated heterocycles. The van der Waals surface area contributed by atoms with E-state index in [1.54, 1.807) is 12.1 Å². The van der Waals surface area contributed by atoms with Gasteiger partial charge in [0.25, 0.3) is 5.56 Å². The molecular weight excluding hydrogens is 406 g/mol. The van der Waals surface area contributed by atoms with Crippen LogP contribution in [0.25, 0.3) is 33.1 Å². The number of H-pyrrole nitrogens is 1. The zero-order valence-corrected chi connectivity index (χ0v) is 14.9. The molecule has 0 aliphatic heterocycles. The summed E-state index contributed by atoms with van der Waals surface area (Å²) in [7, 11) is 0. The van der Waals surface area contributed by atoms with Gasteiger partial charge in [-0.25, -0.2) is 4.98 Å². The lowest BCUT2D eigenvalue weighted by atomic mass is 10.1. The first kappa shape index (κ1) is 19.1. The molecule has 27 heavy (non-hydrogen) atoms. The molecule has 4 aromatic heterocycles. The van der Waals surface area contributed by atoms with Crippen LogP contribution in [0.15, 0.2) is 41.6 Å². The molecule has 0 atom stereocenters. The van der Waals surface area contributed by atoms with Crippen LogP contribution in [0.5, 0.6) is 0 Å². The van der Waals surface area contributed by atoms with Crippen LogP contribution in [-0.4, -0.2) is 30.9 Å². The summed E-state index contributed by atoms with van der Waals surface area (Å²) in [5.41, 5.74) is 0.387. The topological polar surface area (TPSA) is 76.5 Å². The number of aromatic amines is 1. The molecule has 0 amide bonds. The maximum absolute atomic E-state index is 13.0. The highest BCUT2D eigenvalue weighted by molar-refractivity contribution is 6.32. The Morgan fingerprint density at radius 3 is 2.67 bits per heavy atom. The van der Waals surface area contributed by atoms with Crippen molar-refractivity contribution < 1.29 is 13.2 Å². The Morgan fingerprint density at radius 1 is 1.19 bits per heavy atom. The Hall–Kier alpha value is -2.65. The smallest absolute Gasteiger partial charge is 0.298 e. The van der Waals surface area contributed by atoms with Crippen molar-refractivity contribution in [3.8, 4) is 11.3 Å². The number of aromatic nitrogens is 5. The fourth-order valence-electron chi connectivity index (χ4n) is 2.83. The minimum atomic E-state index is -4.57. The maximum Gasteiger partial charge on any atom is 0.406 e. The molecule has 4 heterocycles. The summed E-state index contributed by atoms with van der Waals surface area (Å²) in [6, 6.07) is 4.67. The Bertz CT molecular complexity index is 1200. The molecule has 11 heteroatoms. The lowest BCUT2D eigenvalue weighted by molar-refractivity contribution is -0.140. The second-order valence-corrected chi connectivity index (χ2v) is 5.95. The minimum absolute atomic E-state index is 0. The number of fused-ring (bicyclic) bond motifs is 3. The molecule has 0 unspecified atom stereocenters. The second-order valence-electron chi connectivity index (χ2n) is 5.59. The molecule has 0 fully saturated rings. The van der Waals surface area contributed by atoms with Gasteiger partial charge in [0, 0.05) is 23.3 Å². The Kier molecular flexibility index (Phi) is 4.83. The molecule has 0 saturated carbocycles. The third-order valence-corrected chi connectivity index (χ3v) is 4.23. The second kappa shape index (κ2) is 6.82. The molecule has 4 aromatic rings. The van der Waals surface area contributed by atoms with E-state index in [9.17, 15) is 18.0 Å². The normalized spacial score (nSPS) is 11.7. The first-order valence-corrected chi connectivity index (χ1v) is 7.76. The van der Waals surface area contributed by atoms with E-state index in [1.807, 2.05) is 0 Å². The predicted molar refractivity (Wildman–Crippen MR) is 97.2 cm³/mol. The van der Waals surface area contributed by atoms with E-state index >= 15 is 0 Å². The first-order chi connectivity index (χ1) is 12.3. The number of nitrogens with one attached hydrogen (secondary N) is 1. The molecule has 1 N–H and O–H groups in total. The highest BCUT2D eigenvalue weighted by Gasteiger charge is 2.30. The zero-order chi connectivity index (χ0) is 18.5. The number of hydrogen-bond acceptors (Lipinski definition) is 4. The lowest BCUT2D eigenvalue weighted by Crippen LogP contribution is -2.28. The fraction of sp³-hybridized carbons (Fsp3) is 0.125. The molecule has 140 valence electrons. The number of alkyl halides is 3. The highest BCUT2D eigenvalue weighted by atomic mass is 35.5. The summed E-state index contributed by atoms with van der Waals surface area (Å²) in [4.78, 5) is 20.7. The average molecular weight is 416 g/mol. The standard InChI is InChI=1S/C16H9ClF3N5O.ClH/c17-14-8(2-1-3-21-14)11-4-12-9(5-22-11)13-10(6-23-24-13)15(26)25(12)7-16(18,19)20;/h1-6H,7H2,(H,23,24);1H. The minimum Gasteiger partial charge on any atom is -0.298 e. The Balaban J connectivity index is 0.00000210. The van der Waals surface area contributed by atoms with E-state index < -0.39 is 18.3 Å². The average Bonchev–Trinajstić information content (AvgIpc) is 3.08. The van der Waals surface area contributed by atoms with Gasteiger partial charge in [-0.15, -0.1) is 12.4 Å². The predicted octanol–water partition coefficient (Wildman–Crippen LogP) is 3.97. The van der Waals surface area contributed by atoms with Crippen molar-refractivity contribution in [2.24, 2.45) is 0 Å². The van der Waals surface area contributed by atoms with Crippen molar-refractivity contribution in [2.45, 2.75) is 12.7 Å². The highest BCUT2D eigenvalue weighted by Crippen LogP contribution is 2.29. The first-order valence-electron chi connectivity index (χ1n) is 7.38. The molecule has 0 aliphatic carbocycles. The quantitative estimate of drug-likeness (QED) is 0.502. The van der Waals surface area contributed by atoms with Crippen molar-refractivity contribution in [1.82, 2.24) is 24.7 Å². The third-order valence-electron chi connectivity index (χ3n) is 3.93. The van der Waals surface area contributed by atoms with Gasteiger partial charge in [-0.3, -0.25) is 19.4 Å². The van der Waals surface area contributed by atoms with Gasteiger partial charge in [-0.05, 0) is 18.2 Å². The van der Waals surface area contributed by atoms with Crippen LogP contribution in [0.1, 0.15) is 0 Å². The van der Waals surface area contributed by atoms with Gasteiger partial charge in [-0.1, -0.05) is 11.6 Å². The summed E-state index contributed by atoms with van der Waals surface area (Å²) in [5, 5.41) is 6.98. The van der Waals surface area contributed by atoms with Gasteiger partial charge >= 0.3 is 6.18 Å². The maximum atomic E-state index is 13.0. The van der Waals surface area contributed by atoms with E-state index in [0.717, 1.165) is 0 Å². The van der Waals surface area contributed by atoms with Gasteiger partial charge in [0.05, 0.1) is 28.3 Å². The lowest BCUT2D eigenvalue weighted by Gasteiger charge is -2.14. The Labute approximate surface area is 160 Å². The van der Waals surface area contributed by atoms with Crippen LogP contribution in [0.4, 0.5) is 13.2 Å². The van der Waals surface area contributed by atoms with Crippen molar-refractivity contribution in [3.05, 3.63) is 52.3 Å². The van der Waals surface area contributed by atoms with Crippen LogP contribution in [0, 0.1) is 0 Å². The molecule has 0 aliphatic rings. The number of rotatable bonds is 2. The zero-order valence-electron chi connectivity index (χ0n) is 13.3. The number of pyridine rings is 3. The van der Waals surface area contributed by atoms with Crippen LogP contribution >= 0.6 is 24.0 Å². The summed E-state index contributed by atoms with van der Waals surface area (Å²) < 4.78 is 39.8. The largest absolute Gasteiger partial charge is 0.406 e. The fourth-order valence-corrected chi connectivity index (χ4v) is 3.05. The van der Waals surface area contributed by atoms with Gasteiger partial charge in [0.1, 0.15) is 11.7 Å². The summed E-state index contributed by atoms with van der Waals surface area (Å²) in [5.74, 6) is 0. The van der Waals surface area contributed by atoms with Crippen LogP contribution in [-0.2, 0) is 6.54 Å². The van der Waals surface area contributed by atoms with E-state index in [0.29, 0.717) is 26.7 Å². The van der Waals surface area contributed by atoms with Gasteiger partial charge < -0.3 is 0 Å². The van der Waals surface area contributed by atoms with Crippen molar-refractivity contribution in [1.29, 1.82) is 0 Å². The van der Waals surface area contributed by atoms with Crippen LogP contribution in [0.2, 0.25) is 5.15 Å². The number of hydrogen-bond donors (Lipinski definition) is 1. The van der Waals surface area contributed by atoms with Crippen molar-refractivity contribution in [2.75, 3.05) is 0 Å². The SMILES string of the molecule is Cl.O=c1c2cn[nH]c2c2cnc(-c3cccnc3Cl)cc2n1CC(F)(F)F. The third kappa shape index (κ3) is 3.35. The van der Waals surface area contributed by atoms with Gasteiger partial charge in [-0.2, -0.15) is 18.3 Å². The van der Waals surface area contributed by atoms with E-state index in [1.165, 1.54) is 24.7 Å². The number of halogens is 5. The van der Waals surface area contributed by atoms with E-state index in [2.05, 4.69) is 20.2 Å². The molecule has 0 aromatic carbocycles. The summed E-state index contributed by atoms with van der Waals surface area (Å²) in [6.45, 7) is -1.42. The monoisotopic (exact) mass is 415 g/mol. The van der Waals surface area contributed by atoms with Crippen LogP contribution < -0.4 is 5.56 Å². The van der Waals surface area contributed by atoms with Crippen molar-refractivity contribution in [3.63, 3.8) is 0 Å². The van der Waals surface area contributed by atoms with E-state index in [4.69, 9.17) is 11.6 Å². The summed E-state index contributed by atoms with van der Waals surface area (Å²) in [6.07, 6.45) is -0.485. The van der Waals surface area contributed by atoms with Gasteiger partial charge in [0.2, 0.25) is 0 Å². The molecule has 0 bridgehead atoms. The molecule has 0 spiro atoms. The molecular formula is C16H10Cl2F3N5O. The Morgan fingerprint density at radius 2 is 1.96 bits per heavy atom. The van der Waals surface area contributed by atoms with E-state index in [-0.39, 0.29) is 28.5 Å². The van der Waals surface area contributed by atoms with Crippen LogP contribution in [0.3, 0.4) is 0 Å². The number of nitrogens with zero attached hydrogens (tertiary/aromatic N) is 4.